The molecule has 6 N–H and O–H groups in total. The van der Waals surface area contributed by atoms with Gasteiger partial charge in [0, 0.05) is 5.56 Å². The molecule has 0 aliphatic rings. The van der Waals surface area contributed by atoms with Gasteiger partial charge in [-0.3, -0.25) is 4.84 Å². The number of benzene rings is 3. The van der Waals surface area contributed by atoms with Crippen molar-refractivity contribution in [2.24, 2.45) is 5.90 Å². The first kappa shape index (κ1) is 15.1. The molecule has 3 rings (SSSR count). The highest BCUT2D eigenvalue weighted by molar-refractivity contribution is 5.71. The van der Waals surface area contributed by atoms with Gasteiger partial charge in [-0.25, -0.2) is 5.90 Å². The molecule has 3 aromatic rings. The highest BCUT2D eigenvalue weighted by atomic mass is 16.6. The molecule has 0 heterocycles. The van der Waals surface area contributed by atoms with E-state index in [1.165, 1.54) is 0 Å². The van der Waals surface area contributed by atoms with Gasteiger partial charge in [-0.1, -0.05) is 72.8 Å². The minimum absolute atomic E-state index is 0.464. The third-order valence-electron chi connectivity index (χ3n) is 4.06. The van der Waals surface area contributed by atoms with E-state index in [2.05, 4.69) is 0 Å². The van der Waals surface area contributed by atoms with E-state index in [4.69, 9.17) is 22.2 Å². The summed E-state index contributed by atoms with van der Waals surface area (Å²) in [4.78, 5) is 5.60. The summed E-state index contributed by atoms with van der Waals surface area (Å²) in [5.74, 6) is 5.83. The van der Waals surface area contributed by atoms with Crippen molar-refractivity contribution in [3.05, 3.63) is 95.6 Å². The Bertz CT molecular complexity index is 749. The lowest BCUT2D eigenvalue weighted by molar-refractivity contribution is 0.0123. The molecule has 0 amide bonds. The van der Waals surface area contributed by atoms with Gasteiger partial charge >= 0.3 is 0 Å². The van der Waals surface area contributed by atoms with Gasteiger partial charge in [-0.15, -0.1) is 0 Å². The van der Waals surface area contributed by atoms with Crippen LogP contribution in [-0.2, 0) is 10.4 Å². The first-order valence-electron chi connectivity index (χ1n) is 7.33. The number of hydrogen-bond acceptors (Lipinski definition) is 4. The first-order chi connectivity index (χ1) is 11.2. The van der Waals surface area contributed by atoms with Gasteiger partial charge < -0.3 is 11.5 Å². The molecule has 0 bridgehead atoms. The van der Waals surface area contributed by atoms with Crippen LogP contribution in [0.2, 0.25) is 0 Å². The summed E-state index contributed by atoms with van der Waals surface area (Å²) in [6.45, 7) is 0. The number of rotatable bonds is 4. The molecule has 0 aliphatic carbocycles. The molecule has 0 unspecified atom stereocenters. The summed E-state index contributed by atoms with van der Waals surface area (Å²) in [5, 5.41) is 0. The Kier molecular flexibility index (Phi) is 4.02. The standard InChI is InChI=1S/C19H19N3O/c20-17-13-7-12-16(18(17)21)19(23-22,14-8-3-1-4-9-14)15-10-5-2-6-11-15/h1-13H,20-22H2. The predicted octanol–water partition coefficient (Wildman–Crippen LogP) is 3.03. The highest BCUT2D eigenvalue weighted by Gasteiger charge is 2.39. The van der Waals surface area contributed by atoms with Crippen molar-refractivity contribution in [2.45, 2.75) is 5.60 Å². The first-order valence-corrected chi connectivity index (χ1v) is 7.33. The second kappa shape index (κ2) is 6.12. The lowest BCUT2D eigenvalue weighted by Gasteiger charge is -2.34. The van der Waals surface area contributed by atoms with Crippen molar-refractivity contribution in [1.82, 2.24) is 0 Å². The van der Waals surface area contributed by atoms with Crippen LogP contribution >= 0.6 is 0 Å². The average molecular weight is 305 g/mol. The third kappa shape index (κ3) is 2.44. The third-order valence-corrected chi connectivity index (χ3v) is 4.06. The highest BCUT2D eigenvalue weighted by Crippen LogP contribution is 2.42. The van der Waals surface area contributed by atoms with Crippen molar-refractivity contribution < 1.29 is 4.84 Å². The summed E-state index contributed by atoms with van der Waals surface area (Å²) in [5.41, 5.74) is 14.7. The van der Waals surface area contributed by atoms with Crippen LogP contribution in [0.25, 0.3) is 0 Å². The minimum atomic E-state index is -1.03. The Balaban J connectivity index is 2.36. The molecule has 0 spiro atoms. The normalized spacial score (nSPS) is 11.3. The molecule has 116 valence electrons. The topological polar surface area (TPSA) is 87.3 Å². The van der Waals surface area contributed by atoms with Gasteiger partial charge in [0.05, 0.1) is 11.4 Å². The fraction of sp³-hybridized carbons (Fsp3) is 0.0526. The van der Waals surface area contributed by atoms with Crippen LogP contribution in [0.15, 0.2) is 78.9 Å². The van der Waals surface area contributed by atoms with Crippen molar-refractivity contribution in [3.8, 4) is 0 Å². The summed E-state index contributed by atoms with van der Waals surface area (Å²) < 4.78 is 0. The number of nitrogen functional groups attached to an aromatic ring is 2. The summed E-state index contributed by atoms with van der Waals surface area (Å²) in [7, 11) is 0. The molecule has 4 nitrogen and oxygen atoms in total. The maximum absolute atomic E-state index is 6.26. The van der Waals surface area contributed by atoms with E-state index in [0.717, 1.165) is 16.7 Å². The van der Waals surface area contributed by atoms with E-state index in [9.17, 15) is 0 Å². The van der Waals surface area contributed by atoms with Gasteiger partial charge in [0.25, 0.3) is 0 Å². The molecule has 0 atom stereocenters. The fourth-order valence-electron chi connectivity index (χ4n) is 2.91. The van der Waals surface area contributed by atoms with Crippen molar-refractivity contribution in [2.75, 3.05) is 11.5 Å². The van der Waals surface area contributed by atoms with E-state index in [0.29, 0.717) is 11.4 Å². The summed E-state index contributed by atoms with van der Waals surface area (Å²) >= 11 is 0. The number of hydrogen-bond donors (Lipinski definition) is 3. The quantitative estimate of drug-likeness (QED) is 0.393. The van der Waals surface area contributed by atoms with Crippen LogP contribution in [-0.4, -0.2) is 0 Å². The molecular formula is C19H19N3O. The van der Waals surface area contributed by atoms with Crippen LogP contribution in [0.4, 0.5) is 11.4 Å². The van der Waals surface area contributed by atoms with E-state index in [-0.39, 0.29) is 0 Å². The van der Waals surface area contributed by atoms with Crippen LogP contribution < -0.4 is 17.4 Å². The molecule has 4 heteroatoms. The zero-order valence-corrected chi connectivity index (χ0v) is 12.6. The minimum Gasteiger partial charge on any atom is -0.397 e. The molecule has 0 aromatic heterocycles. The lowest BCUT2D eigenvalue weighted by Crippen LogP contribution is -2.36. The van der Waals surface area contributed by atoms with Crippen molar-refractivity contribution >= 4 is 11.4 Å². The second-order valence-electron chi connectivity index (χ2n) is 5.34. The number of nitrogens with two attached hydrogens (primary N) is 3. The van der Waals surface area contributed by atoms with Gasteiger partial charge in [-0.05, 0) is 17.2 Å². The molecule has 0 saturated carbocycles. The Morgan fingerprint density at radius 2 is 1.17 bits per heavy atom. The molecule has 0 saturated heterocycles. The van der Waals surface area contributed by atoms with Crippen LogP contribution in [0.3, 0.4) is 0 Å². The molecule has 0 radical (unpaired) electrons. The van der Waals surface area contributed by atoms with Gasteiger partial charge in [0.1, 0.15) is 0 Å². The molecule has 0 aliphatic heterocycles. The Morgan fingerprint density at radius 1 is 0.652 bits per heavy atom. The number of anilines is 2. The van der Waals surface area contributed by atoms with E-state index in [1.807, 2.05) is 72.8 Å². The van der Waals surface area contributed by atoms with E-state index in [1.54, 1.807) is 6.07 Å². The van der Waals surface area contributed by atoms with Gasteiger partial charge in [0.15, 0.2) is 5.60 Å². The monoisotopic (exact) mass is 305 g/mol. The van der Waals surface area contributed by atoms with Crippen molar-refractivity contribution in [1.29, 1.82) is 0 Å². The number of para-hydroxylation sites is 1. The SMILES string of the molecule is NOC(c1ccccc1)(c1ccccc1)c1cccc(N)c1N. The molecule has 0 fully saturated rings. The molecular weight excluding hydrogens is 286 g/mol. The van der Waals surface area contributed by atoms with Crippen molar-refractivity contribution in [3.63, 3.8) is 0 Å². The van der Waals surface area contributed by atoms with Crippen LogP contribution in [0.5, 0.6) is 0 Å². The zero-order valence-electron chi connectivity index (χ0n) is 12.6. The summed E-state index contributed by atoms with van der Waals surface area (Å²) in [6, 6.07) is 25.0. The largest absolute Gasteiger partial charge is 0.397 e. The van der Waals surface area contributed by atoms with E-state index >= 15 is 0 Å². The second-order valence-corrected chi connectivity index (χ2v) is 5.34. The van der Waals surface area contributed by atoms with Gasteiger partial charge in [-0.2, -0.15) is 0 Å². The Labute approximate surface area is 135 Å². The average Bonchev–Trinajstić information content (AvgIpc) is 2.61. The fourth-order valence-corrected chi connectivity index (χ4v) is 2.91. The van der Waals surface area contributed by atoms with Gasteiger partial charge in [0.2, 0.25) is 0 Å². The Hall–Kier alpha value is -2.82. The van der Waals surface area contributed by atoms with Crippen LogP contribution in [0.1, 0.15) is 16.7 Å². The Morgan fingerprint density at radius 3 is 1.65 bits per heavy atom. The smallest absolute Gasteiger partial charge is 0.166 e. The predicted molar refractivity (Wildman–Crippen MR) is 93.3 cm³/mol. The molecule has 23 heavy (non-hydrogen) atoms. The lowest BCUT2D eigenvalue weighted by atomic mass is 9.79. The van der Waals surface area contributed by atoms with Crippen LogP contribution in [0, 0.1) is 0 Å². The summed E-state index contributed by atoms with van der Waals surface area (Å²) in [6.07, 6.45) is 0. The molecule has 3 aromatic carbocycles. The maximum Gasteiger partial charge on any atom is 0.166 e. The van der Waals surface area contributed by atoms with E-state index < -0.39 is 5.60 Å². The maximum atomic E-state index is 6.26. The zero-order chi connectivity index (χ0) is 16.3.